The molecule has 0 bridgehead atoms. The van der Waals surface area contributed by atoms with Crippen LogP contribution in [0.15, 0.2) is 78.9 Å². The van der Waals surface area contributed by atoms with Crippen LogP contribution >= 0.6 is 0 Å². The van der Waals surface area contributed by atoms with Crippen molar-refractivity contribution in [1.82, 2.24) is 14.5 Å². The summed E-state index contributed by atoms with van der Waals surface area (Å²) in [6.07, 6.45) is 6.82. The molecule has 170 valence electrons. The zero-order chi connectivity index (χ0) is 23.2. The molecule has 4 rings (SSSR count). The number of imidazole rings is 1. The number of Topliss-reactive ketones (excluding diaryl/α,β-unsaturated/α-hetero) is 1. The quantitative estimate of drug-likeness (QED) is 0.303. The molecule has 1 atom stereocenters. The number of benzene rings is 2. The summed E-state index contributed by atoms with van der Waals surface area (Å²) in [4.78, 5) is 31.6. The first kappa shape index (κ1) is 22.3. The Hall–Kier alpha value is -3.87. The molecule has 2 heterocycles. The van der Waals surface area contributed by atoms with Crippen molar-refractivity contribution in [2.24, 2.45) is 0 Å². The summed E-state index contributed by atoms with van der Waals surface area (Å²) in [6, 6.07) is 15.6. The Bertz CT molecular complexity index is 1120. The lowest BCUT2D eigenvalue weighted by molar-refractivity contribution is -0.139. The van der Waals surface area contributed by atoms with Gasteiger partial charge in [-0.3, -0.25) is 9.59 Å². The first-order chi connectivity index (χ1) is 16.1. The van der Waals surface area contributed by atoms with E-state index in [1.807, 2.05) is 48.0 Å². The molecule has 1 N–H and O–H groups in total. The summed E-state index contributed by atoms with van der Waals surface area (Å²) in [5.41, 5.74) is 1.36. The standard InChI is InChI=1S/C26H27N3O4/c1-2-17-33-21-11-9-20(10-12-21)24(30)22-23(19-7-4-3-5-8-19)29(26(32)25(22)31)15-6-14-28-16-13-27-18-28/h3-5,7-13,16,18,23,30H,2,6,14-15,17H2,1H3/t23-/m0/s1. The molecular formula is C26H27N3O4. The third kappa shape index (κ3) is 4.82. The van der Waals surface area contributed by atoms with E-state index in [2.05, 4.69) is 4.98 Å². The van der Waals surface area contributed by atoms with Crippen molar-refractivity contribution in [3.05, 3.63) is 90.0 Å². The van der Waals surface area contributed by atoms with Gasteiger partial charge in [-0.2, -0.15) is 0 Å². The summed E-state index contributed by atoms with van der Waals surface area (Å²) in [5.74, 6) is -0.761. The molecule has 0 saturated carbocycles. The molecule has 1 aliphatic heterocycles. The van der Waals surface area contributed by atoms with E-state index in [9.17, 15) is 14.7 Å². The molecule has 1 fully saturated rings. The Kier molecular flexibility index (Phi) is 6.88. The molecule has 1 saturated heterocycles. The maximum atomic E-state index is 13.1. The highest BCUT2D eigenvalue weighted by Gasteiger charge is 2.45. The average molecular weight is 446 g/mol. The SMILES string of the molecule is CCCOc1ccc(C(O)=C2C(=O)C(=O)N(CCCn3ccnc3)[C@H]2c2ccccc2)cc1. The predicted molar refractivity (Wildman–Crippen MR) is 125 cm³/mol. The van der Waals surface area contributed by atoms with Crippen LogP contribution in [0.2, 0.25) is 0 Å². The summed E-state index contributed by atoms with van der Waals surface area (Å²) >= 11 is 0. The van der Waals surface area contributed by atoms with Gasteiger partial charge in [-0.25, -0.2) is 4.98 Å². The first-order valence-corrected chi connectivity index (χ1v) is 11.1. The van der Waals surface area contributed by atoms with Gasteiger partial charge in [0.2, 0.25) is 0 Å². The van der Waals surface area contributed by atoms with Gasteiger partial charge in [0.25, 0.3) is 11.7 Å². The van der Waals surface area contributed by atoms with Crippen LogP contribution in [-0.2, 0) is 16.1 Å². The largest absolute Gasteiger partial charge is 0.507 e. The number of aliphatic hydroxyl groups is 1. The molecule has 1 amide bonds. The highest BCUT2D eigenvalue weighted by Crippen LogP contribution is 2.39. The molecule has 7 nitrogen and oxygen atoms in total. The number of nitrogens with zero attached hydrogens (tertiary/aromatic N) is 3. The fourth-order valence-corrected chi connectivity index (χ4v) is 4.02. The lowest BCUT2D eigenvalue weighted by Crippen LogP contribution is -2.31. The predicted octanol–water partition coefficient (Wildman–Crippen LogP) is 4.18. The second-order valence-electron chi connectivity index (χ2n) is 7.93. The van der Waals surface area contributed by atoms with E-state index in [1.54, 1.807) is 41.7 Å². The van der Waals surface area contributed by atoms with Gasteiger partial charge >= 0.3 is 0 Å². The first-order valence-electron chi connectivity index (χ1n) is 11.1. The molecule has 7 heteroatoms. The van der Waals surface area contributed by atoms with E-state index < -0.39 is 17.7 Å². The zero-order valence-corrected chi connectivity index (χ0v) is 18.6. The van der Waals surface area contributed by atoms with Crippen LogP contribution in [-0.4, -0.2) is 44.4 Å². The maximum Gasteiger partial charge on any atom is 0.295 e. The Morgan fingerprint density at radius 1 is 1.06 bits per heavy atom. The van der Waals surface area contributed by atoms with Crippen molar-refractivity contribution in [3.63, 3.8) is 0 Å². The van der Waals surface area contributed by atoms with Crippen molar-refractivity contribution in [2.75, 3.05) is 13.2 Å². The van der Waals surface area contributed by atoms with Crippen molar-refractivity contribution >= 4 is 17.4 Å². The van der Waals surface area contributed by atoms with Gasteiger partial charge in [-0.15, -0.1) is 0 Å². The second-order valence-corrected chi connectivity index (χ2v) is 7.93. The number of aryl methyl sites for hydroxylation is 1. The third-order valence-electron chi connectivity index (χ3n) is 5.63. The number of rotatable bonds is 9. The summed E-state index contributed by atoms with van der Waals surface area (Å²) < 4.78 is 7.53. The number of likely N-dealkylation sites (tertiary alicyclic amines) is 1. The van der Waals surface area contributed by atoms with E-state index in [0.29, 0.717) is 37.4 Å². The van der Waals surface area contributed by atoms with Crippen LogP contribution in [0, 0.1) is 0 Å². The van der Waals surface area contributed by atoms with Gasteiger partial charge in [0.1, 0.15) is 11.5 Å². The van der Waals surface area contributed by atoms with Crippen LogP contribution in [0.25, 0.3) is 5.76 Å². The lowest BCUT2D eigenvalue weighted by atomic mass is 9.95. The van der Waals surface area contributed by atoms with Crippen molar-refractivity contribution < 1.29 is 19.4 Å². The molecular weight excluding hydrogens is 418 g/mol. The van der Waals surface area contributed by atoms with Crippen LogP contribution in [0.1, 0.15) is 36.9 Å². The minimum absolute atomic E-state index is 0.107. The highest BCUT2D eigenvalue weighted by atomic mass is 16.5. The molecule has 1 aliphatic rings. The average Bonchev–Trinajstić information content (AvgIpc) is 3.45. The van der Waals surface area contributed by atoms with Crippen LogP contribution in [0.5, 0.6) is 5.75 Å². The molecule has 3 aromatic rings. The number of aromatic nitrogens is 2. The maximum absolute atomic E-state index is 13.1. The van der Waals surface area contributed by atoms with Crippen molar-refractivity contribution in [3.8, 4) is 5.75 Å². The van der Waals surface area contributed by atoms with E-state index >= 15 is 0 Å². The molecule has 2 aromatic carbocycles. The normalized spacial score (nSPS) is 17.5. The lowest BCUT2D eigenvalue weighted by Gasteiger charge is -2.25. The number of hydrogen-bond donors (Lipinski definition) is 1. The number of ketones is 1. The highest BCUT2D eigenvalue weighted by molar-refractivity contribution is 6.46. The molecule has 0 radical (unpaired) electrons. The van der Waals surface area contributed by atoms with Crippen LogP contribution < -0.4 is 4.74 Å². The summed E-state index contributed by atoms with van der Waals surface area (Å²) in [7, 11) is 0. The molecule has 0 unspecified atom stereocenters. The van der Waals surface area contributed by atoms with Crippen LogP contribution in [0.3, 0.4) is 0 Å². The van der Waals surface area contributed by atoms with Gasteiger partial charge in [0.15, 0.2) is 0 Å². The van der Waals surface area contributed by atoms with E-state index in [4.69, 9.17) is 4.74 Å². The van der Waals surface area contributed by atoms with Crippen LogP contribution in [0.4, 0.5) is 0 Å². The fraction of sp³-hybridized carbons (Fsp3) is 0.269. The summed E-state index contributed by atoms with van der Waals surface area (Å²) in [6.45, 7) is 3.67. The Morgan fingerprint density at radius 2 is 1.82 bits per heavy atom. The number of ether oxygens (including phenoxy) is 1. The zero-order valence-electron chi connectivity index (χ0n) is 18.6. The fourth-order valence-electron chi connectivity index (χ4n) is 4.02. The topological polar surface area (TPSA) is 84.7 Å². The second kappa shape index (κ2) is 10.2. The van der Waals surface area contributed by atoms with Crippen molar-refractivity contribution in [1.29, 1.82) is 0 Å². The van der Waals surface area contributed by atoms with Gasteiger partial charge in [0, 0.05) is 31.0 Å². The van der Waals surface area contributed by atoms with Gasteiger partial charge in [-0.1, -0.05) is 37.3 Å². The monoisotopic (exact) mass is 445 g/mol. The Balaban J connectivity index is 1.66. The van der Waals surface area contributed by atoms with Gasteiger partial charge in [-0.05, 0) is 42.7 Å². The smallest absolute Gasteiger partial charge is 0.295 e. The van der Waals surface area contributed by atoms with Crippen molar-refractivity contribution in [2.45, 2.75) is 32.4 Å². The molecule has 0 spiro atoms. The minimum atomic E-state index is -0.671. The number of amides is 1. The Labute approximate surface area is 192 Å². The van der Waals surface area contributed by atoms with Gasteiger partial charge < -0.3 is 19.3 Å². The number of aliphatic hydroxyl groups excluding tert-OH is 1. The minimum Gasteiger partial charge on any atom is -0.507 e. The van der Waals surface area contributed by atoms with Gasteiger partial charge in [0.05, 0.1) is 24.5 Å². The molecule has 1 aromatic heterocycles. The Morgan fingerprint density at radius 3 is 2.48 bits per heavy atom. The van der Waals surface area contributed by atoms with E-state index in [0.717, 1.165) is 12.0 Å². The number of carbonyl (C=O) groups is 2. The number of hydrogen-bond acceptors (Lipinski definition) is 5. The van der Waals surface area contributed by atoms with E-state index in [-0.39, 0.29) is 11.3 Å². The third-order valence-corrected chi connectivity index (χ3v) is 5.63. The molecule has 33 heavy (non-hydrogen) atoms. The molecule has 0 aliphatic carbocycles. The number of carbonyl (C=O) groups excluding carboxylic acids is 2. The summed E-state index contributed by atoms with van der Waals surface area (Å²) in [5, 5.41) is 11.1. The van der Waals surface area contributed by atoms with E-state index in [1.165, 1.54) is 0 Å².